The van der Waals surface area contributed by atoms with E-state index >= 15 is 0 Å². The number of nitrogens with zero attached hydrogens (tertiary/aromatic N) is 4. The zero-order valence-corrected chi connectivity index (χ0v) is 15.9. The molecule has 0 spiro atoms. The number of halogens is 3. The van der Waals surface area contributed by atoms with Crippen molar-refractivity contribution in [3.63, 3.8) is 0 Å². The Morgan fingerprint density at radius 3 is 2.59 bits per heavy atom. The van der Waals surface area contributed by atoms with E-state index in [-0.39, 0.29) is 32.0 Å². The predicted octanol–water partition coefficient (Wildman–Crippen LogP) is 1.14. The van der Waals surface area contributed by atoms with Crippen LogP contribution >= 0.6 is 0 Å². The first-order valence-electron chi connectivity index (χ1n) is 8.82. The molecule has 0 aromatic carbocycles. The number of guanidine groups is 1. The van der Waals surface area contributed by atoms with E-state index in [1.807, 2.05) is 23.9 Å². The van der Waals surface area contributed by atoms with Crippen molar-refractivity contribution in [1.82, 2.24) is 24.7 Å². The molecule has 27 heavy (non-hydrogen) atoms. The summed E-state index contributed by atoms with van der Waals surface area (Å²) in [4.78, 5) is 4.46. The van der Waals surface area contributed by atoms with E-state index in [0.29, 0.717) is 23.4 Å². The lowest BCUT2D eigenvalue weighted by Gasteiger charge is -2.32. The lowest BCUT2D eigenvalue weighted by atomic mass is 10.1. The molecule has 1 aliphatic heterocycles. The Bertz CT molecular complexity index is 698. The maximum absolute atomic E-state index is 12.6. The van der Waals surface area contributed by atoms with Gasteiger partial charge in [0.2, 0.25) is 0 Å². The summed E-state index contributed by atoms with van der Waals surface area (Å²) in [5, 5.41) is 10.4. The van der Waals surface area contributed by atoms with Crippen molar-refractivity contribution in [3.8, 4) is 0 Å². The van der Waals surface area contributed by atoms with Gasteiger partial charge in [-0.25, -0.2) is 8.42 Å². The molecule has 0 saturated carbocycles. The smallest absolute Gasteiger partial charge is 0.357 e. The van der Waals surface area contributed by atoms with Crippen molar-refractivity contribution in [2.24, 2.45) is 4.99 Å². The fraction of sp³-hybridized carbons (Fsp3) is 0.733. The monoisotopic (exact) mass is 410 g/mol. The van der Waals surface area contributed by atoms with Crippen LogP contribution in [0.3, 0.4) is 0 Å². The fourth-order valence-corrected chi connectivity index (χ4v) is 3.74. The molecule has 0 radical (unpaired) electrons. The molecule has 8 nitrogen and oxygen atoms in total. The normalized spacial score (nSPS) is 17.9. The SMILES string of the molecule is CCNC(=NCCCn1cccn1)NC1CCN(S(=O)(=O)C(F)(F)F)CC1. The maximum atomic E-state index is 12.6. The highest BCUT2D eigenvalue weighted by molar-refractivity contribution is 7.90. The Hall–Kier alpha value is -1.82. The summed E-state index contributed by atoms with van der Waals surface area (Å²) < 4.78 is 63.1. The third-order valence-corrected chi connectivity index (χ3v) is 5.78. The Morgan fingerprint density at radius 2 is 2.04 bits per heavy atom. The van der Waals surface area contributed by atoms with Gasteiger partial charge in [-0.2, -0.15) is 22.6 Å². The van der Waals surface area contributed by atoms with Gasteiger partial charge in [0.25, 0.3) is 0 Å². The average Bonchev–Trinajstić information content (AvgIpc) is 3.12. The van der Waals surface area contributed by atoms with Crippen LogP contribution in [0, 0.1) is 0 Å². The van der Waals surface area contributed by atoms with Gasteiger partial charge >= 0.3 is 15.5 Å². The topological polar surface area (TPSA) is 91.6 Å². The minimum atomic E-state index is -5.25. The van der Waals surface area contributed by atoms with Crippen LogP contribution in [0.5, 0.6) is 0 Å². The molecule has 154 valence electrons. The van der Waals surface area contributed by atoms with E-state index in [2.05, 4.69) is 20.7 Å². The quantitative estimate of drug-likeness (QED) is 0.400. The Balaban J connectivity index is 1.82. The van der Waals surface area contributed by atoms with Gasteiger partial charge in [0, 0.05) is 51.2 Å². The highest BCUT2D eigenvalue weighted by Crippen LogP contribution is 2.28. The second kappa shape index (κ2) is 9.40. The van der Waals surface area contributed by atoms with Crippen molar-refractivity contribution in [3.05, 3.63) is 18.5 Å². The van der Waals surface area contributed by atoms with Gasteiger partial charge in [0.1, 0.15) is 0 Å². The molecule has 2 heterocycles. The Morgan fingerprint density at radius 1 is 1.33 bits per heavy atom. The number of nitrogens with one attached hydrogen (secondary N) is 2. The first kappa shape index (κ1) is 21.5. The van der Waals surface area contributed by atoms with E-state index in [1.165, 1.54) is 0 Å². The number of piperidine rings is 1. The van der Waals surface area contributed by atoms with Crippen LogP contribution in [0.4, 0.5) is 13.2 Å². The molecule has 1 saturated heterocycles. The van der Waals surface area contributed by atoms with Crippen LogP contribution in [0.1, 0.15) is 26.2 Å². The number of alkyl halides is 3. The number of aromatic nitrogens is 2. The van der Waals surface area contributed by atoms with Gasteiger partial charge in [-0.3, -0.25) is 9.67 Å². The molecule has 0 aliphatic carbocycles. The van der Waals surface area contributed by atoms with Gasteiger partial charge in [0.15, 0.2) is 5.96 Å². The van der Waals surface area contributed by atoms with Crippen molar-refractivity contribution in [1.29, 1.82) is 0 Å². The van der Waals surface area contributed by atoms with Gasteiger partial charge in [-0.05, 0) is 32.3 Å². The lowest BCUT2D eigenvalue weighted by Crippen LogP contribution is -2.51. The van der Waals surface area contributed by atoms with Gasteiger partial charge in [-0.15, -0.1) is 0 Å². The molecule has 1 aromatic heterocycles. The molecule has 0 bridgehead atoms. The van der Waals surface area contributed by atoms with Crippen LogP contribution in [-0.4, -0.2) is 66.2 Å². The van der Waals surface area contributed by atoms with Crippen molar-refractivity contribution in [2.75, 3.05) is 26.2 Å². The summed E-state index contributed by atoms with van der Waals surface area (Å²) in [7, 11) is -5.25. The van der Waals surface area contributed by atoms with Crippen molar-refractivity contribution >= 4 is 16.0 Å². The Kier molecular flexibility index (Phi) is 7.48. The lowest BCUT2D eigenvalue weighted by molar-refractivity contribution is -0.0494. The van der Waals surface area contributed by atoms with Gasteiger partial charge < -0.3 is 10.6 Å². The number of aryl methyl sites for hydroxylation is 1. The molecule has 12 heteroatoms. The Labute approximate surface area is 156 Å². The number of hydrogen-bond acceptors (Lipinski definition) is 4. The average molecular weight is 410 g/mol. The summed E-state index contributed by atoms with van der Waals surface area (Å²) in [6.07, 6.45) is 4.94. The summed E-state index contributed by atoms with van der Waals surface area (Å²) in [5.74, 6) is 0.579. The van der Waals surface area contributed by atoms with Crippen molar-refractivity contribution < 1.29 is 21.6 Å². The highest BCUT2D eigenvalue weighted by Gasteiger charge is 2.50. The molecule has 0 unspecified atom stereocenters. The largest absolute Gasteiger partial charge is 0.511 e. The maximum Gasteiger partial charge on any atom is 0.511 e. The van der Waals surface area contributed by atoms with Gasteiger partial charge in [-0.1, -0.05) is 0 Å². The van der Waals surface area contributed by atoms with Gasteiger partial charge in [0.05, 0.1) is 0 Å². The molecular weight excluding hydrogens is 385 g/mol. The number of rotatable bonds is 7. The first-order valence-corrected chi connectivity index (χ1v) is 10.3. The molecule has 2 N–H and O–H groups in total. The van der Waals surface area contributed by atoms with Crippen LogP contribution in [0.25, 0.3) is 0 Å². The second-order valence-electron chi connectivity index (χ2n) is 6.15. The molecule has 1 aliphatic rings. The molecule has 1 aromatic rings. The minimum Gasteiger partial charge on any atom is -0.357 e. The van der Waals surface area contributed by atoms with E-state index < -0.39 is 15.5 Å². The van der Waals surface area contributed by atoms with E-state index in [9.17, 15) is 21.6 Å². The van der Waals surface area contributed by atoms with E-state index in [0.717, 1.165) is 13.0 Å². The van der Waals surface area contributed by atoms with E-state index in [1.54, 1.807) is 6.20 Å². The number of aliphatic imine (C=N–C) groups is 1. The molecule has 0 atom stereocenters. The third kappa shape index (κ3) is 6.09. The summed E-state index contributed by atoms with van der Waals surface area (Å²) in [5.41, 5.74) is -5.25. The van der Waals surface area contributed by atoms with Crippen LogP contribution < -0.4 is 10.6 Å². The summed E-state index contributed by atoms with van der Waals surface area (Å²) in [6, 6.07) is 1.72. The number of sulfonamides is 1. The van der Waals surface area contributed by atoms with Crippen molar-refractivity contribution in [2.45, 2.75) is 44.3 Å². The first-order chi connectivity index (χ1) is 12.7. The summed E-state index contributed by atoms with van der Waals surface area (Å²) in [6.45, 7) is 3.53. The molecular formula is C15H25F3N6O2S. The zero-order valence-electron chi connectivity index (χ0n) is 15.1. The number of hydrogen-bond donors (Lipinski definition) is 2. The highest BCUT2D eigenvalue weighted by atomic mass is 32.2. The molecule has 1 fully saturated rings. The molecule has 0 amide bonds. The summed E-state index contributed by atoms with van der Waals surface area (Å²) >= 11 is 0. The second-order valence-corrected chi connectivity index (χ2v) is 8.08. The predicted molar refractivity (Wildman–Crippen MR) is 95.5 cm³/mol. The van der Waals surface area contributed by atoms with E-state index in [4.69, 9.17) is 0 Å². The van der Waals surface area contributed by atoms with Crippen LogP contribution in [0.15, 0.2) is 23.5 Å². The van der Waals surface area contributed by atoms with Crippen LogP contribution in [-0.2, 0) is 16.6 Å². The zero-order chi connectivity index (χ0) is 19.9. The fourth-order valence-electron chi connectivity index (χ4n) is 2.76. The minimum absolute atomic E-state index is 0.131. The molecule has 2 rings (SSSR count). The standard InChI is InChI=1S/C15H25F3N6O2S/c1-2-19-14(20-7-3-9-23-10-4-8-21-23)22-13-5-11-24(12-6-13)27(25,26)15(16,17)18/h4,8,10,13H,2-3,5-7,9,11-12H2,1H3,(H2,19,20,22). The third-order valence-electron chi connectivity index (χ3n) is 4.15. The van der Waals surface area contributed by atoms with Crippen LogP contribution in [0.2, 0.25) is 0 Å².